The van der Waals surface area contributed by atoms with Crippen molar-refractivity contribution in [3.8, 4) is 16.3 Å². The van der Waals surface area contributed by atoms with Gasteiger partial charge in [0, 0.05) is 41.7 Å². The predicted molar refractivity (Wildman–Crippen MR) is 112 cm³/mol. The maximum atomic E-state index is 13.9. The number of nitrogens with one attached hydrogen (secondary N) is 1. The quantitative estimate of drug-likeness (QED) is 0.458. The second-order valence-electron chi connectivity index (χ2n) is 6.32. The average Bonchev–Trinajstić information content (AvgIpc) is 3.25. The SMILES string of the molecule is COc1cc(F)cc2c1cc(C)n2CCNc1cc(-c2cc(Cl)cs2)ncn1. The van der Waals surface area contributed by atoms with E-state index in [-0.39, 0.29) is 5.82 Å². The van der Waals surface area contributed by atoms with Crippen LogP contribution in [0.25, 0.3) is 21.5 Å². The predicted octanol–water partition coefficient (Wildman–Crippen LogP) is 5.38. The van der Waals surface area contributed by atoms with Crippen molar-refractivity contribution in [2.24, 2.45) is 0 Å². The highest BCUT2D eigenvalue weighted by molar-refractivity contribution is 7.14. The first-order valence-corrected chi connectivity index (χ1v) is 9.94. The van der Waals surface area contributed by atoms with Crippen LogP contribution in [0.1, 0.15) is 5.69 Å². The molecule has 0 saturated heterocycles. The summed E-state index contributed by atoms with van der Waals surface area (Å²) in [6.07, 6.45) is 1.53. The van der Waals surface area contributed by atoms with Gasteiger partial charge in [-0.1, -0.05) is 11.6 Å². The van der Waals surface area contributed by atoms with Gasteiger partial charge in [-0.2, -0.15) is 0 Å². The van der Waals surface area contributed by atoms with Crippen LogP contribution in [0, 0.1) is 12.7 Å². The van der Waals surface area contributed by atoms with Crippen molar-refractivity contribution in [3.05, 3.63) is 58.6 Å². The second-order valence-corrected chi connectivity index (χ2v) is 7.67. The molecule has 8 heteroatoms. The van der Waals surface area contributed by atoms with E-state index in [2.05, 4.69) is 19.9 Å². The van der Waals surface area contributed by atoms with Gasteiger partial charge in [0.1, 0.15) is 23.7 Å². The largest absolute Gasteiger partial charge is 0.496 e. The highest BCUT2D eigenvalue weighted by atomic mass is 35.5. The van der Waals surface area contributed by atoms with E-state index in [1.54, 1.807) is 7.11 Å². The number of anilines is 1. The number of halogens is 2. The Hall–Kier alpha value is -2.64. The highest BCUT2D eigenvalue weighted by Gasteiger charge is 2.12. The van der Waals surface area contributed by atoms with Crippen molar-refractivity contribution in [2.75, 3.05) is 19.0 Å². The molecule has 5 nitrogen and oxygen atoms in total. The van der Waals surface area contributed by atoms with E-state index in [0.717, 1.165) is 33.0 Å². The van der Waals surface area contributed by atoms with Gasteiger partial charge in [-0.05, 0) is 25.1 Å². The molecular weight excluding hydrogens is 399 g/mol. The molecule has 144 valence electrons. The number of fused-ring (bicyclic) bond motifs is 1. The minimum Gasteiger partial charge on any atom is -0.496 e. The summed E-state index contributed by atoms with van der Waals surface area (Å²) in [5, 5.41) is 6.79. The zero-order valence-electron chi connectivity index (χ0n) is 15.4. The van der Waals surface area contributed by atoms with E-state index in [4.69, 9.17) is 16.3 Å². The van der Waals surface area contributed by atoms with Crippen molar-refractivity contribution in [2.45, 2.75) is 13.5 Å². The molecule has 3 aromatic heterocycles. The second kappa shape index (κ2) is 7.77. The lowest BCUT2D eigenvalue weighted by Gasteiger charge is -2.11. The maximum Gasteiger partial charge on any atom is 0.131 e. The average molecular weight is 417 g/mol. The number of hydrogen-bond donors (Lipinski definition) is 1. The zero-order valence-corrected chi connectivity index (χ0v) is 16.9. The van der Waals surface area contributed by atoms with E-state index in [9.17, 15) is 4.39 Å². The van der Waals surface area contributed by atoms with Crippen LogP contribution in [-0.4, -0.2) is 28.2 Å². The third-order valence-electron chi connectivity index (χ3n) is 4.50. The molecular formula is C20H18ClFN4OS. The molecule has 4 rings (SSSR count). The number of aryl methyl sites for hydroxylation is 1. The molecule has 4 aromatic rings. The van der Waals surface area contributed by atoms with Gasteiger partial charge in [0.05, 0.1) is 28.2 Å². The fourth-order valence-electron chi connectivity index (χ4n) is 3.22. The topological polar surface area (TPSA) is 52.0 Å². The molecule has 0 saturated carbocycles. The van der Waals surface area contributed by atoms with Crippen LogP contribution in [0.4, 0.5) is 10.2 Å². The summed E-state index contributed by atoms with van der Waals surface area (Å²) in [6, 6.07) is 8.73. The Labute approximate surface area is 170 Å². The lowest BCUT2D eigenvalue weighted by molar-refractivity contribution is 0.416. The van der Waals surface area contributed by atoms with Crippen LogP contribution in [0.2, 0.25) is 5.02 Å². The molecule has 0 fully saturated rings. The standard InChI is InChI=1S/C20H18ClFN4OS/c1-12-5-15-17(7-14(22)8-18(15)27-2)26(12)4-3-23-20-9-16(24-11-25-20)19-6-13(21)10-28-19/h5-11H,3-4H2,1-2H3,(H,23,24,25). The fraction of sp³-hybridized carbons (Fsp3) is 0.200. The number of nitrogens with zero attached hydrogens (tertiary/aromatic N) is 3. The number of rotatable bonds is 6. The van der Waals surface area contributed by atoms with Crippen molar-refractivity contribution >= 4 is 39.7 Å². The number of ether oxygens (including phenoxy) is 1. The van der Waals surface area contributed by atoms with E-state index in [0.29, 0.717) is 23.9 Å². The van der Waals surface area contributed by atoms with Crippen LogP contribution in [0.3, 0.4) is 0 Å². The summed E-state index contributed by atoms with van der Waals surface area (Å²) in [6.45, 7) is 3.29. The first-order valence-electron chi connectivity index (χ1n) is 8.69. The molecule has 0 spiro atoms. The number of benzene rings is 1. The van der Waals surface area contributed by atoms with Crippen molar-refractivity contribution in [1.82, 2.24) is 14.5 Å². The third-order valence-corrected chi connectivity index (χ3v) is 5.80. The Bertz CT molecular complexity index is 1140. The molecule has 0 aliphatic heterocycles. The van der Waals surface area contributed by atoms with Crippen molar-refractivity contribution in [3.63, 3.8) is 0 Å². The van der Waals surface area contributed by atoms with Gasteiger partial charge >= 0.3 is 0 Å². The molecule has 28 heavy (non-hydrogen) atoms. The van der Waals surface area contributed by atoms with E-state index >= 15 is 0 Å². The van der Waals surface area contributed by atoms with Crippen LogP contribution in [0.5, 0.6) is 5.75 Å². The molecule has 0 aliphatic rings. The number of thiophene rings is 1. The smallest absolute Gasteiger partial charge is 0.131 e. The Morgan fingerprint density at radius 1 is 1.21 bits per heavy atom. The third kappa shape index (κ3) is 3.68. The Morgan fingerprint density at radius 3 is 2.82 bits per heavy atom. The first-order chi connectivity index (χ1) is 13.5. The van der Waals surface area contributed by atoms with Crippen LogP contribution in [0.15, 0.2) is 42.0 Å². The summed E-state index contributed by atoms with van der Waals surface area (Å²) in [5.41, 5.74) is 2.67. The van der Waals surface area contributed by atoms with E-state index < -0.39 is 0 Å². The minimum atomic E-state index is -0.313. The summed E-state index contributed by atoms with van der Waals surface area (Å²) in [7, 11) is 1.55. The molecule has 0 amide bonds. The Kier molecular flexibility index (Phi) is 5.19. The van der Waals surface area contributed by atoms with Gasteiger partial charge in [-0.3, -0.25) is 0 Å². The molecule has 0 unspecified atom stereocenters. The van der Waals surface area contributed by atoms with Crippen LogP contribution in [-0.2, 0) is 6.54 Å². The highest BCUT2D eigenvalue weighted by Crippen LogP contribution is 2.30. The maximum absolute atomic E-state index is 13.9. The Morgan fingerprint density at radius 2 is 2.07 bits per heavy atom. The molecule has 0 atom stereocenters. The van der Waals surface area contributed by atoms with Gasteiger partial charge < -0.3 is 14.6 Å². The molecule has 0 aliphatic carbocycles. The van der Waals surface area contributed by atoms with E-state index in [1.165, 1.54) is 29.8 Å². The zero-order chi connectivity index (χ0) is 19.7. The molecule has 3 heterocycles. The number of hydrogen-bond acceptors (Lipinski definition) is 5. The van der Waals surface area contributed by atoms with Gasteiger partial charge in [-0.15, -0.1) is 11.3 Å². The monoisotopic (exact) mass is 416 g/mol. The molecule has 1 N–H and O–H groups in total. The molecule has 0 bridgehead atoms. The fourth-order valence-corrected chi connectivity index (χ4v) is 4.26. The molecule has 0 radical (unpaired) electrons. The molecule has 1 aromatic carbocycles. The Balaban J connectivity index is 1.52. The first kappa shape index (κ1) is 18.7. The minimum absolute atomic E-state index is 0.313. The lowest BCUT2D eigenvalue weighted by atomic mass is 10.2. The van der Waals surface area contributed by atoms with Gasteiger partial charge in [0.15, 0.2) is 0 Å². The van der Waals surface area contributed by atoms with Gasteiger partial charge in [-0.25, -0.2) is 14.4 Å². The summed E-state index contributed by atoms with van der Waals surface area (Å²) in [4.78, 5) is 9.57. The van der Waals surface area contributed by atoms with Crippen LogP contribution < -0.4 is 10.1 Å². The number of methoxy groups -OCH3 is 1. The summed E-state index contributed by atoms with van der Waals surface area (Å²) in [5.74, 6) is 0.957. The van der Waals surface area contributed by atoms with E-state index in [1.807, 2.05) is 30.5 Å². The van der Waals surface area contributed by atoms with Gasteiger partial charge in [0.2, 0.25) is 0 Å². The van der Waals surface area contributed by atoms with Crippen molar-refractivity contribution < 1.29 is 9.13 Å². The van der Waals surface area contributed by atoms with Crippen LogP contribution >= 0.6 is 22.9 Å². The normalized spacial score (nSPS) is 11.1. The summed E-state index contributed by atoms with van der Waals surface area (Å²) < 4.78 is 21.3. The number of aromatic nitrogens is 3. The lowest BCUT2D eigenvalue weighted by Crippen LogP contribution is -2.12. The van der Waals surface area contributed by atoms with Crippen molar-refractivity contribution in [1.29, 1.82) is 0 Å². The van der Waals surface area contributed by atoms with Gasteiger partial charge in [0.25, 0.3) is 0 Å². The summed E-state index contributed by atoms with van der Waals surface area (Å²) >= 11 is 7.54.